The molecule has 0 amide bonds. The van der Waals surface area contributed by atoms with E-state index in [1.54, 1.807) is 26.2 Å². The summed E-state index contributed by atoms with van der Waals surface area (Å²) in [6.45, 7) is 7.11. The zero-order valence-corrected chi connectivity index (χ0v) is 7.89. The molecule has 0 atom stereocenters. The summed E-state index contributed by atoms with van der Waals surface area (Å²) in [6.07, 6.45) is 0. The van der Waals surface area contributed by atoms with E-state index in [4.69, 9.17) is 0 Å². The third-order valence-electron chi connectivity index (χ3n) is 1.50. The van der Waals surface area contributed by atoms with Crippen LogP contribution in [-0.2, 0) is 0 Å². The molecule has 0 heterocycles. The van der Waals surface area contributed by atoms with Crippen molar-refractivity contribution >= 4 is 15.7 Å². The molecular formula is C4H14O2Si2. The van der Waals surface area contributed by atoms with Gasteiger partial charge in [0.05, 0.1) is 0 Å². The Kier molecular flexibility index (Phi) is 2.03. The molecule has 0 rings (SSSR count). The first-order valence-corrected chi connectivity index (χ1v) is 9.59. The van der Waals surface area contributed by atoms with Crippen molar-refractivity contribution in [2.45, 2.75) is 26.2 Å². The van der Waals surface area contributed by atoms with Crippen LogP contribution in [0.2, 0.25) is 26.2 Å². The van der Waals surface area contributed by atoms with Gasteiger partial charge in [0.1, 0.15) is 0 Å². The van der Waals surface area contributed by atoms with E-state index in [2.05, 4.69) is 0 Å². The molecule has 0 radical (unpaired) electrons. The number of rotatable bonds is 1. The van der Waals surface area contributed by atoms with Crippen LogP contribution < -0.4 is 0 Å². The monoisotopic (exact) mass is 150 g/mol. The minimum atomic E-state index is -2.16. The molecule has 8 heavy (non-hydrogen) atoms. The molecule has 2 N–H and O–H groups in total. The first-order chi connectivity index (χ1) is 3.25. The van der Waals surface area contributed by atoms with Gasteiger partial charge in [0.2, 0.25) is 0 Å². The van der Waals surface area contributed by atoms with Crippen LogP contribution in [0, 0.1) is 0 Å². The average Bonchev–Trinajstić information content (AvgIpc) is 1.25. The molecule has 0 bridgehead atoms. The van der Waals surface area contributed by atoms with Crippen molar-refractivity contribution in [2.24, 2.45) is 0 Å². The van der Waals surface area contributed by atoms with Gasteiger partial charge in [-0.15, -0.1) is 0 Å². The van der Waals surface area contributed by atoms with Crippen molar-refractivity contribution in [2.75, 3.05) is 0 Å². The fourth-order valence-electron chi connectivity index (χ4n) is 0. The van der Waals surface area contributed by atoms with Gasteiger partial charge in [-0.3, -0.25) is 0 Å². The van der Waals surface area contributed by atoms with E-state index in [0.29, 0.717) is 0 Å². The Bertz CT molecular complexity index is 67.0. The van der Waals surface area contributed by atoms with Gasteiger partial charge in [-0.25, -0.2) is 0 Å². The van der Waals surface area contributed by atoms with Crippen LogP contribution >= 0.6 is 0 Å². The minimum Gasteiger partial charge on any atom is -0.432 e. The Morgan fingerprint density at radius 1 is 0.750 bits per heavy atom. The van der Waals surface area contributed by atoms with Crippen LogP contribution in [-0.4, -0.2) is 25.3 Å². The standard InChI is InChI=1S/C4H14O2Si2/c1-7(2,5)8(3,4)6/h5-6H,1-4H3. The predicted octanol–water partition coefficient (Wildman–Crippen LogP) is 0.460. The third-order valence-corrected chi connectivity index (χ3v) is 13.5. The SMILES string of the molecule is C[Si](C)(O)[Si](C)(C)O. The van der Waals surface area contributed by atoms with Crippen molar-refractivity contribution in [1.82, 2.24) is 0 Å². The Morgan fingerprint density at radius 2 is 0.875 bits per heavy atom. The lowest BCUT2D eigenvalue weighted by molar-refractivity contribution is 0.522. The molecule has 0 saturated heterocycles. The molecule has 0 aromatic rings. The predicted molar refractivity (Wildman–Crippen MR) is 39.4 cm³/mol. The maximum absolute atomic E-state index is 9.30. The zero-order chi connectivity index (χ0) is 7.00. The van der Waals surface area contributed by atoms with Gasteiger partial charge in [-0.2, -0.15) is 0 Å². The van der Waals surface area contributed by atoms with E-state index in [-0.39, 0.29) is 0 Å². The summed E-state index contributed by atoms with van der Waals surface area (Å²) in [7, 11) is -4.33. The van der Waals surface area contributed by atoms with Crippen LogP contribution in [0.5, 0.6) is 0 Å². The van der Waals surface area contributed by atoms with E-state index >= 15 is 0 Å². The first kappa shape index (κ1) is 8.35. The smallest absolute Gasteiger partial charge is 0.200 e. The van der Waals surface area contributed by atoms with Crippen molar-refractivity contribution in [3.05, 3.63) is 0 Å². The minimum absolute atomic E-state index is 1.78. The van der Waals surface area contributed by atoms with E-state index in [1.807, 2.05) is 0 Å². The first-order valence-electron chi connectivity index (χ1n) is 2.70. The van der Waals surface area contributed by atoms with Crippen molar-refractivity contribution in [3.63, 3.8) is 0 Å². The molecule has 0 aliphatic rings. The van der Waals surface area contributed by atoms with Gasteiger partial charge in [0.15, 0.2) is 15.7 Å². The van der Waals surface area contributed by atoms with Crippen LogP contribution in [0.15, 0.2) is 0 Å². The van der Waals surface area contributed by atoms with Gasteiger partial charge < -0.3 is 9.59 Å². The molecule has 0 fully saturated rings. The van der Waals surface area contributed by atoms with Crippen molar-refractivity contribution < 1.29 is 9.59 Å². The lowest BCUT2D eigenvalue weighted by Gasteiger charge is -2.25. The molecular weight excluding hydrogens is 136 g/mol. The highest BCUT2D eigenvalue weighted by Gasteiger charge is 2.38. The Hall–Kier alpha value is 0.354. The molecule has 0 aromatic heterocycles. The summed E-state index contributed by atoms with van der Waals surface area (Å²) in [6, 6.07) is 0. The second kappa shape index (κ2) is 1.95. The van der Waals surface area contributed by atoms with E-state index in [0.717, 1.165) is 0 Å². The molecule has 4 heteroatoms. The Morgan fingerprint density at radius 3 is 0.875 bits per heavy atom. The zero-order valence-electron chi connectivity index (χ0n) is 5.89. The largest absolute Gasteiger partial charge is 0.432 e. The van der Waals surface area contributed by atoms with Crippen molar-refractivity contribution in [1.29, 1.82) is 0 Å². The Labute approximate surface area is 52.2 Å². The fourth-order valence-corrected chi connectivity index (χ4v) is 0. The van der Waals surface area contributed by atoms with Crippen LogP contribution in [0.4, 0.5) is 0 Å². The molecule has 0 unspecified atom stereocenters. The maximum Gasteiger partial charge on any atom is 0.200 e. The van der Waals surface area contributed by atoms with Gasteiger partial charge in [-0.1, -0.05) is 0 Å². The third kappa shape index (κ3) is 2.08. The quantitative estimate of drug-likeness (QED) is 0.533. The molecule has 0 aliphatic carbocycles. The van der Waals surface area contributed by atoms with Crippen LogP contribution in [0.3, 0.4) is 0 Å². The van der Waals surface area contributed by atoms with Gasteiger partial charge >= 0.3 is 0 Å². The summed E-state index contributed by atoms with van der Waals surface area (Å²) < 4.78 is 0. The van der Waals surface area contributed by atoms with Crippen LogP contribution in [0.25, 0.3) is 0 Å². The van der Waals surface area contributed by atoms with E-state index in [1.165, 1.54) is 0 Å². The van der Waals surface area contributed by atoms with Gasteiger partial charge in [0, 0.05) is 0 Å². The Balaban J connectivity index is 4.02. The molecule has 2 nitrogen and oxygen atoms in total. The van der Waals surface area contributed by atoms with Crippen LogP contribution in [0.1, 0.15) is 0 Å². The van der Waals surface area contributed by atoms with Crippen molar-refractivity contribution in [3.8, 4) is 0 Å². The summed E-state index contributed by atoms with van der Waals surface area (Å²) in [5.41, 5.74) is 0. The second-order valence-electron chi connectivity index (χ2n) is 3.12. The highest BCUT2D eigenvalue weighted by Crippen LogP contribution is 2.10. The lowest BCUT2D eigenvalue weighted by atomic mass is 11.9. The molecule has 0 saturated carbocycles. The highest BCUT2D eigenvalue weighted by atomic mass is 29.3. The summed E-state index contributed by atoms with van der Waals surface area (Å²) >= 11 is 0. The number of hydrogen-bond acceptors (Lipinski definition) is 2. The molecule has 0 aromatic carbocycles. The fraction of sp³-hybridized carbons (Fsp3) is 1.00. The molecule has 50 valence electrons. The summed E-state index contributed by atoms with van der Waals surface area (Å²) in [5, 5.41) is 0. The molecule has 0 aliphatic heterocycles. The summed E-state index contributed by atoms with van der Waals surface area (Å²) in [5.74, 6) is 0. The van der Waals surface area contributed by atoms with Gasteiger partial charge in [0.25, 0.3) is 0 Å². The summed E-state index contributed by atoms with van der Waals surface area (Å²) in [4.78, 5) is 18.6. The second-order valence-corrected chi connectivity index (χ2v) is 16.7. The highest BCUT2D eigenvalue weighted by molar-refractivity contribution is 7.34. The maximum atomic E-state index is 9.30. The van der Waals surface area contributed by atoms with E-state index < -0.39 is 15.7 Å². The van der Waals surface area contributed by atoms with Gasteiger partial charge in [-0.05, 0) is 26.2 Å². The normalized spacial score (nSPS) is 14.2. The topological polar surface area (TPSA) is 40.5 Å². The average molecular weight is 150 g/mol. The molecule has 0 spiro atoms. The lowest BCUT2D eigenvalue weighted by Crippen LogP contribution is -2.55. The number of hydrogen-bond donors (Lipinski definition) is 2. The van der Waals surface area contributed by atoms with E-state index in [9.17, 15) is 9.59 Å².